The molecule has 2 unspecified atom stereocenters. The van der Waals surface area contributed by atoms with Crippen LogP contribution in [-0.2, 0) is 6.42 Å². The molecule has 156 valence electrons. The Kier molecular flexibility index (Phi) is 7.07. The molecule has 2 atom stereocenters. The first-order valence-electron chi connectivity index (χ1n) is 11.2. The Morgan fingerprint density at radius 2 is 1.86 bits per heavy atom. The molecule has 1 aliphatic heterocycles. The molecule has 2 aromatic rings. The van der Waals surface area contributed by atoms with Crippen LogP contribution in [0, 0.1) is 0 Å². The number of nitrogens with one attached hydrogen (secondary N) is 1. The van der Waals surface area contributed by atoms with Gasteiger partial charge in [-0.3, -0.25) is 0 Å². The summed E-state index contributed by atoms with van der Waals surface area (Å²) in [5.74, 6) is 1.66. The predicted octanol–water partition coefficient (Wildman–Crippen LogP) is 4.81. The van der Waals surface area contributed by atoms with Crippen molar-refractivity contribution in [3.63, 3.8) is 0 Å². The van der Waals surface area contributed by atoms with Crippen molar-refractivity contribution in [2.75, 3.05) is 13.2 Å². The lowest BCUT2D eigenvalue weighted by molar-refractivity contribution is 0.0981. The highest BCUT2D eigenvalue weighted by atomic mass is 16.5. The number of fused-ring (bicyclic) bond motifs is 1. The summed E-state index contributed by atoms with van der Waals surface area (Å²) >= 11 is 0. The van der Waals surface area contributed by atoms with Gasteiger partial charge < -0.3 is 19.9 Å². The van der Waals surface area contributed by atoms with Crippen molar-refractivity contribution >= 4 is 0 Å². The average molecular weight is 396 g/mol. The van der Waals surface area contributed by atoms with Crippen LogP contribution in [0.2, 0.25) is 0 Å². The number of benzene rings is 2. The molecule has 29 heavy (non-hydrogen) atoms. The third-order valence-electron chi connectivity index (χ3n) is 6.11. The lowest BCUT2D eigenvalue weighted by Crippen LogP contribution is -2.34. The van der Waals surface area contributed by atoms with E-state index in [2.05, 4.69) is 35.6 Å². The third kappa shape index (κ3) is 5.74. The predicted molar refractivity (Wildman–Crippen MR) is 116 cm³/mol. The summed E-state index contributed by atoms with van der Waals surface area (Å²) in [4.78, 5) is 0. The van der Waals surface area contributed by atoms with Crippen LogP contribution < -0.4 is 14.8 Å². The average Bonchev–Trinajstić information content (AvgIpc) is 2.78. The molecule has 0 aromatic heterocycles. The van der Waals surface area contributed by atoms with Gasteiger partial charge in [-0.25, -0.2) is 0 Å². The first-order chi connectivity index (χ1) is 14.3. The van der Waals surface area contributed by atoms with E-state index >= 15 is 0 Å². The zero-order chi connectivity index (χ0) is 19.9. The van der Waals surface area contributed by atoms with Gasteiger partial charge in [0, 0.05) is 12.1 Å². The molecule has 0 saturated heterocycles. The number of ether oxygens (including phenoxy) is 2. The number of rotatable bonds is 8. The van der Waals surface area contributed by atoms with Crippen LogP contribution in [0.15, 0.2) is 48.5 Å². The Hall–Kier alpha value is -2.04. The Morgan fingerprint density at radius 3 is 2.69 bits per heavy atom. The fraction of sp³-hybridized carbons (Fsp3) is 0.520. The number of aryl methyl sites for hydroxylation is 1. The van der Waals surface area contributed by atoms with E-state index in [0.717, 1.165) is 30.9 Å². The molecule has 0 bridgehead atoms. The molecule has 4 nitrogen and oxygen atoms in total. The van der Waals surface area contributed by atoms with E-state index in [1.54, 1.807) is 0 Å². The lowest BCUT2D eigenvalue weighted by atomic mass is 9.95. The second-order valence-electron chi connectivity index (χ2n) is 8.37. The topological polar surface area (TPSA) is 50.7 Å². The molecule has 0 amide bonds. The number of aliphatic hydroxyl groups excluding tert-OH is 1. The Morgan fingerprint density at radius 1 is 1.03 bits per heavy atom. The lowest BCUT2D eigenvalue weighted by Gasteiger charge is -2.27. The quantitative estimate of drug-likeness (QED) is 0.674. The maximum Gasteiger partial charge on any atom is 0.127 e. The van der Waals surface area contributed by atoms with Gasteiger partial charge in [0.15, 0.2) is 0 Å². The molecule has 2 aromatic carbocycles. The molecule has 1 fully saturated rings. The van der Waals surface area contributed by atoms with E-state index < -0.39 is 6.10 Å². The first kappa shape index (κ1) is 20.2. The van der Waals surface area contributed by atoms with Gasteiger partial charge in [-0.2, -0.15) is 0 Å². The summed E-state index contributed by atoms with van der Waals surface area (Å²) in [6, 6.07) is 17.0. The standard InChI is InChI=1S/C25H33NO3/c27-22(15-16-26-21-9-5-2-6-10-21)18-28-23-13-11-20-12-14-24(29-25(20)17-23)19-7-3-1-4-8-19/h1,3-4,7-8,11,13,17,21-22,24,26-27H,2,5-6,9-10,12,14-16,18H2. The molecule has 1 saturated carbocycles. The van der Waals surface area contributed by atoms with Gasteiger partial charge in [0.1, 0.15) is 24.2 Å². The van der Waals surface area contributed by atoms with E-state index in [-0.39, 0.29) is 6.10 Å². The second kappa shape index (κ2) is 10.1. The molecule has 2 aliphatic rings. The van der Waals surface area contributed by atoms with Crippen LogP contribution in [0.1, 0.15) is 62.2 Å². The Labute approximate surface area is 174 Å². The monoisotopic (exact) mass is 395 g/mol. The van der Waals surface area contributed by atoms with Crippen LogP contribution in [0.25, 0.3) is 0 Å². The highest BCUT2D eigenvalue weighted by Gasteiger charge is 2.22. The fourth-order valence-corrected chi connectivity index (χ4v) is 4.38. The van der Waals surface area contributed by atoms with Gasteiger partial charge in [-0.15, -0.1) is 0 Å². The summed E-state index contributed by atoms with van der Waals surface area (Å²) in [5.41, 5.74) is 2.44. The molecular weight excluding hydrogens is 362 g/mol. The van der Waals surface area contributed by atoms with Crippen molar-refractivity contribution < 1.29 is 14.6 Å². The van der Waals surface area contributed by atoms with E-state index in [9.17, 15) is 5.11 Å². The maximum absolute atomic E-state index is 10.3. The zero-order valence-electron chi connectivity index (χ0n) is 17.2. The first-order valence-corrected chi connectivity index (χ1v) is 11.2. The molecule has 4 rings (SSSR count). The number of hydrogen-bond acceptors (Lipinski definition) is 4. The molecule has 0 spiro atoms. The van der Waals surface area contributed by atoms with Crippen LogP contribution in [-0.4, -0.2) is 30.4 Å². The molecule has 0 radical (unpaired) electrons. The SMILES string of the molecule is OC(CCNC1CCCCC1)COc1ccc2c(c1)OC(c1ccccc1)CC2. The van der Waals surface area contributed by atoms with E-state index in [4.69, 9.17) is 9.47 Å². The highest BCUT2D eigenvalue weighted by molar-refractivity contribution is 5.42. The van der Waals surface area contributed by atoms with Crippen LogP contribution in [0.4, 0.5) is 0 Å². The van der Waals surface area contributed by atoms with Crippen molar-refractivity contribution in [3.8, 4) is 11.5 Å². The van der Waals surface area contributed by atoms with Gasteiger partial charge in [0.25, 0.3) is 0 Å². The summed E-state index contributed by atoms with van der Waals surface area (Å²) in [6.07, 6.45) is 8.91. The third-order valence-corrected chi connectivity index (χ3v) is 6.11. The van der Waals surface area contributed by atoms with Crippen molar-refractivity contribution in [2.45, 2.75) is 69.6 Å². The van der Waals surface area contributed by atoms with Gasteiger partial charge in [0.05, 0.1) is 6.10 Å². The van der Waals surface area contributed by atoms with Crippen molar-refractivity contribution in [1.29, 1.82) is 0 Å². The molecular formula is C25H33NO3. The van der Waals surface area contributed by atoms with Crippen LogP contribution in [0.3, 0.4) is 0 Å². The van der Waals surface area contributed by atoms with E-state index in [1.807, 2.05) is 18.2 Å². The van der Waals surface area contributed by atoms with E-state index in [1.165, 1.54) is 43.2 Å². The van der Waals surface area contributed by atoms with Crippen molar-refractivity contribution in [3.05, 3.63) is 59.7 Å². The minimum atomic E-state index is -0.458. The largest absolute Gasteiger partial charge is 0.491 e. The Bertz CT molecular complexity index is 758. The minimum absolute atomic E-state index is 0.0930. The summed E-state index contributed by atoms with van der Waals surface area (Å²) in [6.45, 7) is 1.16. The highest BCUT2D eigenvalue weighted by Crippen LogP contribution is 2.37. The summed E-state index contributed by atoms with van der Waals surface area (Å²) < 4.78 is 12.1. The molecule has 4 heteroatoms. The van der Waals surface area contributed by atoms with Crippen molar-refractivity contribution in [1.82, 2.24) is 5.32 Å². The van der Waals surface area contributed by atoms with Crippen molar-refractivity contribution in [2.24, 2.45) is 0 Å². The number of aliphatic hydroxyl groups is 1. The molecule has 1 heterocycles. The minimum Gasteiger partial charge on any atom is -0.491 e. The van der Waals surface area contributed by atoms with Gasteiger partial charge in [0.2, 0.25) is 0 Å². The molecule has 1 aliphatic carbocycles. The summed E-state index contributed by atoms with van der Waals surface area (Å²) in [7, 11) is 0. The zero-order valence-corrected chi connectivity index (χ0v) is 17.2. The van der Waals surface area contributed by atoms with Gasteiger partial charge in [-0.1, -0.05) is 55.7 Å². The molecule has 2 N–H and O–H groups in total. The smallest absolute Gasteiger partial charge is 0.127 e. The maximum atomic E-state index is 10.3. The second-order valence-corrected chi connectivity index (χ2v) is 8.37. The van der Waals surface area contributed by atoms with Gasteiger partial charge in [-0.05, 0) is 55.8 Å². The number of hydrogen-bond donors (Lipinski definition) is 2. The van der Waals surface area contributed by atoms with E-state index in [0.29, 0.717) is 19.1 Å². The van der Waals surface area contributed by atoms with Crippen LogP contribution >= 0.6 is 0 Å². The normalized spacial score (nSPS) is 20.5. The summed E-state index contributed by atoms with van der Waals surface area (Å²) in [5, 5.41) is 13.8. The van der Waals surface area contributed by atoms with Crippen LogP contribution in [0.5, 0.6) is 11.5 Å². The Balaban J connectivity index is 1.24. The van der Waals surface area contributed by atoms with Gasteiger partial charge >= 0.3 is 0 Å². The fourth-order valence-electron chi connectivity index (χ4n) is 4.38.